The maximum absolute atomic E-state index is 14.5. The summed E-state index contributed by atoms with van der Waals surface area (Å²) < 4.78 is 48.2. The van der Waals surface area contributed by atoms with Crippen LogP contribution in [0.3, 0.4) is 0 Å². The van der Waals surface area contributed by atoms with E-state index in [1.165, 1.54) is 12.0 Å². The number of ketones is 3. The number of fused-ring (bicyclic) bond motifs is 3. The lowest BCUT2D eigenvalue weighted by Gasteiger charge is -2.42. The molecule has 3 aliphatic heterocycles. The number of methoxy groups -OCH3 is 3. The quantitative estimate of drug-likeness (QED) is 0.104. The molecule has 2 N–H and O–H groups in total. The van der Waals surface area contributed by atoms with Gasteiger partial charge in [0.1, 0.15) is 30.1 Å². The van der Waals surface area contributed by atoms with Gasteiger partial charge < -0.3 is 43.3 Å². The number of piperidine rings is 1. The first-order chi connectivity index (χ1) is 32.4. The second-order valence-electron chi connectivity index (χ2n) is 20.9. The lowest BCUT2D eigenvalue weighted by molar-refractivity contribution is -0.265. The van der Waals surface area contributed by atoms with Crippen LogP contribution in [0.5, 0.6) is 0 Å². The Morgan fingerprint density at radius 2 is 1.57 bits per heavy atom. The number of ether oxygens (including phenoxy) is 5. The minimum absolute atomic E-state index is 0.0117. The molecule has 0 aromatic rings. The highest BCUT2D eigenvalue weighted by molar-refractivity contribution is 7.57. The zero-order chi connectivity index (χ0) is 51.4. The number of aliphatic hydroxyl groups is 2. The Balaban J connectivity index is 1.70. The number of amides is 1. The molecule has 2 bridgehead atoms. The van der Waals surface area contributed by atoms with Gasteiger partial charge in [0.25, 0.3) is 11.7 Å². The van der Waals surface area contributed by atoms with Gasteiger partial charge >= 0.3 is 5.97 Å². The third kappa shape index (κ3) is 16.2. The number of aliphatic hydroxyl groups excluding tert-OH is 1. The highest BCUT2D eigenvalue weighted by Gasteiger charge is 2.53. The fourth-order valence-electron chi connectivity index (χ4n) is 10.5. The van der Waals surface area contributed by atoms with Crippen LogP contribution in [0.4, 0.5) is 0 Å². The monoisotopic (exact) mass is 990 g/mol. The van der Waals surface area contributed by atoms with Gasteiger partial charge in [-0.25, -0.2) is 4.79 Å². The Bertz CT molecular complexity index is 1940. The van der Waals surface area contributed by atoms with E-state index in [4.69, 9.17) is 28.2 Å². The van der Waals surface area contributed by atoms with Gasteiger partial charge in [0.15, 0.2) is 13.2 Å². The number of cyclic esters (lactones) is 1. The van der Waals surface area contributed by atoms with Crippen LogP contribution in [-0.4, -0.2) is 140 Å². The Morgan fingerprint density at radius 1 is 0.855 bits per heavy atom. The Hall–Kier alpha value is -3.14. The normalized spacial score (nSPS) is 37.8. The molecule has 0 unspecified atom stereocenters. The fraction of sp³-hybridized carbons (Fsp3) is 0.755. The summed E-state index contributed by atoms with van der Waals surface area (Å²) in [5.74, 6) is -8.11. The first kappa shape index (κ1) is 58.4. The third-order valence-electron chi connectivity index (χ3n) is 14.8. The molecule has 1 amide bonds. The molecule has 69 heavy (non-hydrogen) atoms. The summed E-state index contributed by atoms with van der Waals surface area (Å²) in [4.78, 5) is 72.2. The van der Waals surface area contributed by atoms with E-state index in [9.17, 15) is 38.8 Å². The number of carbonyl (C=O) groups excluding carboxylic acids is 5. The summed E-state index contributed by atoms with van der Waals surface area (Å²) in [6.45, 7) is 15.9. The maximum Gasteiger partial charge on any atom is 0.329 e. The third-order valence-corrected chi connectivity index (χ3v) is 15.6. The zero-order valence-electron chi connectivity index (χ0n) is 43.4. The largest absolute Gasteiger partial charge is 0.460 e. The van der Waals surface area contributed by atoms with Gasteiger partial charge in [0, 0.05) is 71.8 Å². The van der Waals surface area contributed by atoms with Crippen LogP contribution in [0.1, 0.15) is 126 Å². The molecule has 0 aromatic carbocycles. The molecule has 3 fully saturated rings. The molecule has 0 radical (unpaired) electrons. The smallest absolute Gasteiger partial charge is 0.329 e. The van der Waals surface area contributed by atoms with E-state index < -0.39 is 85.1 Å². The van der Waals surface area contributed by atoms with Gasteiger partial charge in [-0.05, 0) is 107 Å². The van der Waals surface area contributed by atoms with Gasteiger partial charge in [-0.1, -0.05) is 71.1 Å². The molecule has 16 heteroatoms. The number of carbonyl (C=O) groups is 5. The predicted octanol–water partition coefficient (Wildman–Crippen LogP) is 7.74. The van der Waals surface area contributed by atoms with Gasteiger partial charge in [-0.2, -0.15) is 0 Å². The van der Waals surface area contributed by atoms with Crippen LogP contribution in [0, 0.1) is 35.5 Å². The first-order valence-electron chi connectivity index (χ1n) is 25.2. The molecule has 390 valence electrons. The van der Waals surface area contributed by atoms with E-state index in [1.54, 1.807) is 54.4 Å². The molecule has 4 rings (SSSR count). The molecule has 4 aliphatic rings. The van der Waals surface area contributed by atoms with Gasteiger partial charge in [-0.15, -0.1) is 0 Å². The lowest BCUT2D eigenvalue weighted by atomic mass is 9.78. The number of nitrogens with zero attached hydrogens (tertiary/aromatic N) is 1. The summed E-state index contributed by atoms with van der Waals surface area (Å²) in [5.41, 5.74) is 1.25. The number of esters is 1. The molecular weight excluding hydrogens is 906 g/mol. The minimum Gasteiger partial charge on any atom is -0.460 e. The van der Waals surface area contributed by atoms with E-state index in [2.05, 4.69) is 0 Å². The Labute approximate surface area is 411 Å². The van der Waals surface area contributed by atoms with E-state index in [0.717, 1.165) is 12.0 Å². The van der Waals surface area contributed by atoms with Crippen molar-refractivity contribution in [1.29, 1.82) is 0 Å². The molecule has 2 saturated heterocycles. The maximum atomic E-state index is 14.5. The molecular formula is C53H84NO14P. The fourth-order valence-corrected chi connectivity index (χ4v) is 11.4. The van der Waals surface area contributed by atoms with Crippen molar-refractivity contribution in [3.05, 3.63) is 47.6 Å². The summed E-state index contributed by atoms with van der Waals surface area (Å²) in [6.07, 6.45) is 11.4. The summed E-state index contributed by atoms with van der Waals surface area (Å²) in [5, 5.41) is 23.5. The summed E-state index contributed by atoms with van der Waals surface area (Å²) in [6, 6.07) is -1.16. The lowest BCUT2D eigenvalue weighted by Crippen LogP contribution is -2.61. The van der Waals surface area contributed by atoms with E-state index in [1.807, 2.05) is 58.1 Å². The van der Waals surface area contributed by atoms with Crippen molar-refractivity contribution in [2.24, 2.45) is 35.5 Å². The summed E-state index contributed by atoms with van der Waals surface area (Å²) >= 11 is 0. The van der Waals surface area contributed by atoms with Gasteiger partial charge in [0.05, 0.1) is 24.4 Å². The molecule has 0 spiro atoms. The van der Waals surface area contributed by atoms with Crippen molar-refractivity contribution in [2.75, 3.05) is 41.2 Å². The van der Waals surface area contributed by atoms with Crippen LogP contribution >= 0.6 is 7.37 Å². The van der Waals surface area contributed by atoms with Gasteiger partial charge in [0.2, 0.25) is 5.79 Å². The molecule has 1 saturated carbocycles. The van der Waals surface area contributed by atoms with E-state index >= 15 is 0 Å². The van der Waals surface area contributed by atoms with Gasteiger partial charge in [-0.3, -0.25) is 23.7 Å². The predicted molar refractivity (Wildman–Crippen MR) is 263 cm³/mol. The van der Waals surface area contributed by atoms with E-state index in [0.29, 0.717) is 63.4 Å². The van der Waals surface area contributed by atoms with Crippen molar-refractivity contribution in [3.8, 4) is 0 Å². The van der Waals surface area contributed by atoms with Crippen LogP contribution in [0.25, 0.3) is 0 Å². The Kier molecular flexibility index (Phi) is 22.5. The average Bonchev–Trinajstić information content (AvgIpc) is 3.30. The molecule has 15 atom stereocenters. The van der Waals surface area contributed by atoms with Crippen LogP contribution < -0.4 is 0 Å². The number of hydrogen-bond donors (Lipinski definition) is 2. The SMILES string of the molecule is CO[C@@H]1C[C@H]2CC[C@@H](C)[C@@](O)(O2)C(=O)C(=O)N2CCCC[C@@H]2C(=O)O[C@@H]([C@H](C)C[C@H]2CC[C@@H](OP(C)(C)=O)[C@H](OC)C2)CC(=O)[C@H](C)/C=C(/C)[C@@H](O)[C@@H](OC)C(=O)[C@H](C)C[C@@H](C)/C=C\C=CC=C1C. The zero-order valence-corrected chi connectivity index (χ0v) is 44.3. The van der Waals surface area contributed by atoms with Crippen LogP contribution in [-0.2, 0) is 56.7 Å². The summed E-state index contributed by atoms with van der Waals surface area (Å²) in [7, 11) is 1.76. The number of rotatable bonds is 8. The minimum atomic E-state index is -2.79. The molecule has 15 nitrogen and oxygen atoms in total. The second-order valence-corrected chi connectivity index (χ2v) is 23.6. The topological polar surface area (TPSA) is 201 Å². The second kappa shape index (κ2) is 26.5. The molecule has 0 aromatic heterocycles. The first-order valence-corrected chi connectivity index (χ1v) is 27.7. The number of hydrogen-bond acceptors (Lipinski definition) is 14. The van der Waals surface area contributed by atoms with Crippen LogP contribution in [0.15, 0.2) is 47.6 Å². The van der Waals surface area contributed by atoms with Crippen molar-refractivity contribution in [3.63, 3.8) is 0 Å². The number of Topliss-reactive ketones (excluding diaryl/α,β-unsaturated/α-hetero) is 3. The van der Waals surface area contributed by atoms with Crippen molar-refractivity contribution >= 4 is 36.6 Å². The van der Waals surface area contributed by atoms with Crippen LogP contribution in [0.2, 0.25) is 0 Å². The standard InChI is InChI=1S/C53H84NO14P/c1-32-18-14-13-15-19-33(2)44(63-8)30-40-23-21-38(7)53(61,67-40)50(58)51(59)54-25-17-16-20-41(54)52(60)66-45(35(4)28-39-22-24-43(46(29-39)64-9)68-69(11,12)62)31-42(55)34(3)27-37(6)48(57)49(65-10)47(56)36(5)26-32/h13-15,18-19,27,32,34-36,38-41,43-46,48-49,57,61H,16-17,20-26,28-31H2,1-12H3/b15-13?,18-14-,33-19?,37-27-/t32-,34+,35+,36+,38+,39+,40+,41+,43+,44+,45+,46+,48+,49-,53+/m0/s1. The van der Waals surface area contributed by atoms with E-state index in [-0.39, 0.29) is 60.9 Å². The Morgan fingerprint density at radius 3 is 2.22 bits per heavy atom. The average molecular weight is 990 g/mol. The number of allylic oxidation sites excluding steroid dienone is 6. The highest BCUT2D eigenvalue weighted by atomic mass is 31.2. The molecule has 1 aliphatic carbocycles. The van der Waals surface area contributed by atoms with Crippen molar-refractivity contribution < 1.29 is 67.0 Å². The van der Waals surface area contributed by atoms with Crippen molar-refractivity contribution in [1.82, 2.24) is 4.90 Å². The molecule has 3 heterocycles. The highest BCUT2D eigenvalue weighted by Crippen LogP contribution is 2.45. The van der Waals surface area contributed by atoms with Crippen molar-refractivity contribution in [2.45, 2.75) is 180 Å².